The van der Waals surface area contributed by atoms with Gasteiger partial charge in [-0.05, 0) is 30.9 Å². The highest BCUT2D eigenvalue weighted by Crippen LogP contribution is 2.41. The molecule has 114 valence electrons. The first kappa shape index (κ1) is 14.6. The van der Waals surface area contributed by atoms with Crippen molar-refractivity contribution in [3.63, 3.8) is 0 Å². The third-order valence-electron chi connectivity index (χ3n) is 5.48. The van der Waals surface area contributed by atoms with E-state index in [0.29, 0.717) is 0 Å². The lowest BCUT2D eigenvalue weighted by molar-refractivity contribution is 0.0668. The number of benzene rings is 1. The van der Waals surface area contributed by atoms with Crippen molar-refractivity contribution in [2.24, 2.45) is 5.92 Å². The number of hydrogen-bond donors (Lipinski definition) is 0. The zero-order chi connectivity index (χ0) is 14.9. The number of carbonyl (C=O) groups is 1. The maximum Gasteiger partial charge on any atom is 0.254 e. The van der Waals surface area contributed by atoms with Crippen LogP contribution in [0.4, 0.5) is 0 Å². The maximum absolute atomic E-state index is 12.6. The minimum absolute atomic E-state index is 0.127. The summed E-state index contributed by atoms with van der Waals surface area (Å²) >= 11 is 0. The fourth-order valence-corrected chi connectivity index (χ4v) is 4.40. The molecule has 2 heteroatoms. The molecule has 1 unspecified atom stereocenters. The third-order valence-corrected chi connectivity index (χ3v) is 5.48. The van der Waals surface area contributed by atoms with Gasteiger partial charge in [0.05, 0.1) is 0 Å². The number of rotatable bonds is 3. The van der Waals surface area contributed by atoms with Gasteiger partial charge in [-0.15, -0.1) is 0 Å². The van der Waals surface area contributed by atoms with Crippen LogP contribution in [0.5, 0.6) is 0 Å². The fraction of sp³-hybridized carbons (Fsp3) is 0.632. The molecule has 0 spiro atoms. The summed E-state index contributed by atoms with van der Waals surface area (Å²) in [5.74, 6) is 1.05. The molecule has 2 aliphatic rings. The van der Waals surface area contributed by atoms with Crippen molar-refractivity contribution < 1.29 is 4.79 Å². The average molecular weight is 285 g/mol. The highest BCUT2D eigenvalue weighted by atomic mass is 16.2. The largest absolute Gasteiger partial charge is 0.338 e. The van der Waals surface area contributed by atoms with Crippen molar-refractivity contribution in [3.8, 4) is 0 Å². The van der Waals surface area contributed by atoms with Crippen molar-refractivity contribution in [1.29, 1.82) is 0 Å². The summed E-state index contributed by atoms with van der Waals surface area (Å²) in [6.07, 6.45) is 8.16. The van der Waals surface area contributed by atoms with Crippen LogP contribution >= 0.6 is 0 Å². The lowest BCUT2D eigenvalue weighted by Crippen LogP contribution is -2.48. The van der Waals surface area contributed by atoms with Gasteiger partial charge in [-0.25, -0.2) is 0 Å². The van der Waals surface area contributed by atoms with Gasteiger partial charge in [-0.3, -0.25) is 4.79 Å². The molecule has 1 amide bonds. The van der Waals surface area contributed by atoms with E-state index >= 15 is 0 Å². The Morgan fingerprint density at radius 2 is 1.90 bits per heavy atom. The molecular formula is C19H27NO. The van der Waals surface area contributed by atoms with Gasteiger partial charge in [-0.1, -0.05) is 57.2 Å². The van der Waals surface area contributed by atoms with Crippen molar-refractivity contribution in [2.75, 3.05) is 13.1 Å². The second kappa shape index (κ2) is 5.82. The summed E-state index contributed by atoms with van der Waals surface area (Å²) in [5, 5.41) is 0. The number of carbonyl (C=O) groups excluding carboxylic acids is 1. The van der Waals surface area contributed by atoms with Crippen LogP contribution < -0.4 is 0 Å². The van der Waals surface area contributed by atoms with E-state index in [4.69, 9.17) is 0 Å². The monoisotopic (exact) mass is 285 g/mol. The van der Waals surface area contributed by atoms with E-state index < -0.39 is 0 Å². The van der Waals surface area contributed by atoms with Crippen LogP contribution in [0.2, 0.25) is 0 Å². The highest BCUT2D eigenvalue weighted by Gasteiger charge is 2.40. The van der Waals surface area contributed by atoms with Gasteiger partial charge in [0, 0.05) is 24.1 Å². The van der Waals surface area contributed by atoms with Crippen LogP contribution in [0.1, 0.15) is 68.3 Å². The van der Waals surface area contributed by atoms with Gasteiger partial charge >= 0.3 is 0 Å². The Morgan fingerprint density at radius 1 is 1.19 bits per heavy atom. The summed E-state index contributed by atoms with van der Waals surface area (Å²) in [6, 6.07) is 8.28. The van der Waals surface area contributed by atoms with Crippen LogP contribution in [-0.4, -0.2) is 23.9 Å². The summed E-state index contributed by atoms with van der Waals surface area (Å²) in [7, 11) is 0. The molecule has 0 bridgehead atoms. The van der Waals surface area contributed by atoms with Gasteiger partial charge in [0.1, 0.15) is 0 Å². The zero-order valence-corrected chi connectivity index (χ0v) is 13.4. The van der Waals surface area contributed by atoms with E-state index in [1.165, 1.54) is 44.1 Å². The lowest BCUT2D eigenvalue weighted by atomic mass is 9.68. The predicted octanol–water partition coefficient (Wildman–Crippen LogP) is 4.39. The molecule has 2 nitrogen and oxygen atoms in total. The quantitative estimate of drug-likeness (QED) is 0.806. The van der Waals surface area contributed by atoms with Crippen LogP contribution in [0.15, 0.2) is 24.3 Å². The molecule has 1 aliphatic carbocycles. The van der Waals surface area contributed by atoms with Gasteiger partial charge in [0.15, 0.2) is 0 Å². The van der Waals surface area contributed by atoms with Crippen molar-refractivity contribution >= 4 is 5.91 Å². The molecule has 1 fully saturated rings. The molecule has 1 aromatic carbocycles. The molecule has 21 heavy (non-hydrogen) atoms. The SMILES string of the molecule is CCN1CC(C)(CC2CCCCC2)c2ccccc2C1=O. The first-order valence-electron chi connectivity index (χ1n) is 8.53. The minimum Gasteiger partial charge on any atom is -0.338 e. The van der Waals surface area contributed by atoms with Gasteiger partial charge < -0.3 is 4.90 Å². The summed E-state index contributed by atoms with van der Waals surface area (Å²) in [5.41, 5.74) is 2.34. The second-order valence-corrected chi connectivity index (χ2v) is 7.13. The third kappa shape index (κ3) is 2.73. The molecule has 0 radical (unpaired) electrons. The zero-order valence-electron chi connectivity index (χ0n) is 13.4. The Balaban J connectivity index is 1.92. The van der Waals surface area contributed by atoms with Gasteiger partial charge in [-0.2, -0.15) is 0 Å². The number of amides is 1. The van der Waals surface area contributed by atoms with E-state index in [9.17, 15) is 4.79 Å². The fourth-order valence-electron chi connectivity index (χ4n) is 4.40. The minimum atomic E-state index is 0.127. The Hall–Kier alpha value is -1.31. The molecule has 1 aliphatic heterocycles. The summed E-state index contributed by atoms with van der Waals surface area (Å²) in [6.45, 7) is 6.16. The number of nitrogens with zero attached hydrogens (tertiary/aromatic N) is 1. The number of hydrogen-bond acceptors (Lipinski definition) is 1. The average Bonchev–Trinajstić information content (AvgIpc) is 2.52. The molecule has 0 aromatic heterocycles. The van der Waals surface area contributed by atoms with E-state index in [0.717, 1.165) is 24.6 Å². The van der Waals surface area contributed by atoms with Crippen molar-refractivity contribution in [1.82, 2.24) is 4.90 Å². The predicted molar refractivity (Wildman–Crippen MR) is 86.6 cm³/mol. The van der Waals surface area contributed by atoms with E-state index in [1.807, 2.05) is 17.0 Å². The Bertz CT molecular complexity index is 518. The summed E-state index contributed by atoms with van der Waals surface area (Å²) < 4.78 is 0. The molecule has 0 saturated heterocycles. The van der Waals surface area contributed by atoms with Crippen LogP contribution in [0.25, 0.3) is 0 Å². The Morgan fingerprint density at radius 3 is 2.62 bits per heavy atom. The molecular weight excluding hydrogens is 258 g/mol. The molecule has 3 rings (SSSR count). The molecule has 1 atom stereocenters. The maximum atomic E-state index is 12.6. The van der Waals surface area contributed by atoms with E-state index in [2.05, 4.69) is 26.0 Å². The second-order valence-electron chi connectivity index (χ2n) is 7.13. The van der Waals surface area contributed by atoms with Crippen molar-refractivity contribution in [3.05, 3.63) is 35.4 Å². The van der Waals surface area contributed by atoms with Crippen LogP contribution in [0, 0.1) is 5.92 Å². The van der Waals surface area contributed by atoms with Crippen molar-refractivity contribution in [2.45, 2.75) is 57.8 Å². The van der Waals surface area contributed by atoms with E-state index in [-0.39, 0.29) is 11.3 Å². The van der Waals surface area contributed by atoms with Crippen LogP contribution in [-0.2, 0) is 5.41 Å². The first-order chi connectivity index (χ1) is 10.1. The molecule has 0 N–H and O–H groups in total. The lowest BCUT2D eigenvalue weighted by Gasteiger charge is -2.43. The number of likely N-dealkylation sites (N-methyl/N-ethyl adjacent to an activating group) is 1. The standard InChI is InChI=1S/C19H27NO/c1-3-20-14-19(2,13-15-9-5-4-6-10-15)17-12-8-7-11-16(17)18(20)21/h7-8,11-12,15H,3-6,9-10,13-14H2,1-2H3. The van der Waals surface area contributed by atoms with Gasteiger partial charge in [0.2, 0.25) is 0 Å². The normalized spacial score (nSPS) is 26.8. The number of fused-ring (bicyclic) bond motifs is 1. The smallest absolute Gasteiger partial charge is 0.254 e. The summed E-state index contributed by atoms with van der Waals surface area (Å²) in [4.78, 5) is 14.6. The molecule has 1 heterocycles. The van der Waals surface area contributed by atoms with Gasteiger partial charge in [0.25, 0.3) is 5.91 Å². The first-order valence-corrected chi connectivity index (χ1v) is 8.53. The Labute approximate surface area is 128 Å². The van der Waals surface area contributed by atoms with E-state index in [1.54, 1.807) is 0 Å². The Kier molecular flexibility index (Phi) is 4.05. The topological polar surface area (TPSA) is 20.3 Å². The molecule has 1 aromatic rings. The molecule has 1 saturated carbocycles. The highest BCUT2D eigenvalue weighted by molar-refractivity contribution is 5.97. The van der Waals surface area contributed by atoms with Crippen LogP contribution in [0.3, 0.4) is 0 Å².